The number of nitrogens with zero attached hydrogens (tertiary/aromatic N) is 1. The Balaban J connectivity index is 2.93. The first kappa shape index (κ1) is 15.1. The molecule has 0 bridgehead atoms. The van der Waals surface area contributed by atoms with Crippen molar-refractivity contribution >= 4 is 16.0 Å². The molecule has 0 spiro atoms. The van der Waals surface area contributed by atoms with Crippen molar-refractivity contribution in [3.05, 3.63) is 29.3 Å². The minimum absolute atomic E-state index is 0.0154. The Hall–Kier alpha value is -1.91. The molecular weight excluding hydrogens is 268 g/mol. The highest BCUT2D eigenvalue weighted by Gasteiger charge is 2.18. The van der Waals surface area contributed by atoms with Gasteiger partial charge < -0.3 is 5.11 Å². The minimum Gasteiger partial charge on any atom is -0.481 e. The Morgan fingerprint density at radius 2 is 2.16 bits per heavy atom. The molecule has 0 aromatic heterocycles. The number of nitriles is 1. The van der Waals surface area contributed by atoms with Crippen LogP contribution in [0.4, 0.5) is 0 Å². The third-order valence-electron chi connectivity index (χ3n) is 2.63. The van der Waals surface area contributed by atoms with E-state index in [-0.39, 0.29) is 11.4 Å². The number of carboxylic acid groups (broad SMARTS) is 1. The fraction of sp³-hybridized carbons (Fsp3) is 0.333. The summed E-state index contributed by atoms with van der Waals surface area (Å²) in [6.45, 7) is 2.86. The molecule has 0 saturated carbocycles. The van der Waals surface area contributed by atoms with Crippen LogP contribution in [0, 0.1) is 24.2 Å². The molecule has 1 unspecified atom stereocenters. The summed E-state index contributed by atoms with van der Waals surface area (Å²) in [5, 5.41) is 17.5. The van der Waals surface area contributed by atoms with Gasteiger partial charge in [-0.1, -0.05) is 6.92 Å². The van der Waals surface area contributed by atoms with E-state index in [0.29, 0.717) is 11.1 Å². The van der Waals surface area contributed by atoms with Gasteiger partial charge in [0.05, 0.1) is 22.4 Å². The van der Waals surface area contributed by atoms with Gasteiger partial charge in [-0.05, 0) is 30.7 Å². The molecule has 1 rings (SSSR count). The van der Waals surface area contributed by atoms with Gasteiger partial charge >= 0.3 is 5.97 Å². The van der Waals surface area contributed by atoms with E-state index >= 15 is 0 Å². The zero-order chi connectivity index (χ0) is 14.6. The molecular formula is C12H14N2O4S. The maximum Gasteiger partial charge on any atom is 0.307 e. The number of nitrogens with one attached hydrogen (secondary N) is 1. The fourth-order valence-electron chi connectivity index (χ4n) is 1.33. The van der Waals surface area contributed by atoms with Gasteiger partial charge in [0.2, 0.25) is 10.0 Å². The average Bonchev–Trinajstić information content (AvgIpc) is 2.35. The van der Waals surface area contributed by atoms with Gasteiger partial charge in [0, 0.05) is 6.54 Å². The molecule has 1 aromatic rings. The first-order valence-corrected chi connectivity index (χ1v) is 6.99. The SMILES string of the molecule is Cc1cc(S(=O)(=O)NCC(C)C(=O)O)ccc1C#N. The third-order valence-corrected chi connectivity index (χ3v) is 4.05. The van der Waals surface area contributed by atoms with E-state index in [1.807, 2.05) is 6.07 Å². The number of rotatable bonds is 5. The van der Waals surface area contributed by atoms with Crippen LogP contribution in [0.2, 0.25) is 0 Å². The van der Waals surface area contributed by atoms with Crippen LogP contribution in [0.25, 0.3) is 0 Å². The Morgan fingerprint density at radius 1 is 1.53 bits per heavy atom. The van der Waals surface area contributed by atoms with Gasteiger partial charge in [-0.15, -0.1) is 0 Å². The van der Waals surface area contributed by atoms with Crippen LogP contribution in [-0.2, 0) is 14.8 Å². The summed E-state index contributed by atoms with van der Waals surface area (Å²) in [7, 11) is -3.76. The van der Waals surface area contributed by atoms with Crippen LogP contribution >= 0.6 is 0 Å². The van der Waals surface area contributed by atoms with Crippen molar-refractivity contribution in [2.75, 3.05) is 6.54 Å². The van der Waals surface area contributed by atoms with Crippen LogP contribution < -0.4 is 4.72 Å². The average molecular weight is 282 g/mol. The summed E-state index contributed by atoms with van der Waals surface area (Å²) in [5.41, 5.74) is 0.953. The van der Waals surface area contributed by atoms with E-state index in [1.165, 1.54) is 25.1 Å². The molecule has 0 aliphatic rings. The molecule has 6 nitrogen and oxygen atoms in total. The number of aliphatic carboxylic acids is 1. The second-order valence-electron chi connectivity index (χ2n) is 4.18. The smallest absolute Gasteiger partial charge is 0.307 e. The maximum atomic E-state index is 11.9. The summed E-state index contributed by atoms with van der Waals surface area (Å²) in [6, 6.07) is 6.07. The molecule has 1 aromatic carbocycles. The topological polar surface area (TPSA) is 107 Å². The quantitative estimate of drug-likeness (QED) is 0.833. The zero-order valence-corrected chi connectivity index (χ0v) is 11.4. The van der Waals surface area contributed by atoms with Crippen LogP contribution in [0.15, 0.2) is 23.1 Å². The maximum absolute atomic E-state index is 11.9. The lowest BCUT2D eigenvalue weighted by Crippen LogP contribution is -2.31. The highest BCUT2D eigenvalue weighted by Crippen LogP contribution is 2.14. The molecule has 0 heterocycles. The number of hydrogen-bond donors (Lipinski definition) is 2. The zero-order valence-electron chi connectivity index (χ0n) is 10.5. The number of aryl methyl sites for hydroxylation is 1. The van der Waals surface area contributed by atoms with E-state index in [2.05, 4.69) is 4.72 Å². The molecule has 0 fully saturated rings. The highest BCUT2D eigenvalue weighted by atomic mass is 32.2. The largest absolute Gasteiger partial charge is 0.481 e. The fourth-order valence-corrected chi connectivity index (χ4v) is 2.55. The predicted molar refractivity (Wildman–Crippen MR) is 67.9 cm³/mol. The number of sulfonamides is 1. The summed E-state index contributed by atoms with van der Waals surface area (Å²) in [4.78, 5) is 10.6. The summed E-state index contributed by atoms with van der Waals surface area (Å²) in [6.07, 6.45) is 0. The second-order valence-corrected chi connectivity index (χ2v) is 5.95. The van der Waals surface area contributed by atoms with Crippen LogP contribution in [0.3, 0.4) is 0 Å². The van der Waals surface area contributed by atoms with E-state index in [0.717, 1.165) is 0 Å². The van der Waals surface area contributed by atoms with Crippen molar-refractivity contribution in [3.8, 4) is 6.07 Å². The first-order chi connectivity index (χ1) is 8.77. The monoisotopic (exact) mass is 282 g/mol. The Labute approximate surface area is 111 Å². The minimum atomic E-state index is -3.76. The van der Waals surface area contributed by atoms with Crippen molar-refractivity contribution in [2.24, 2.45) is 5.92 Å². The van der Waals surface area contributed by atoms with Gasteiger partial charge in [-0.3, -0.25) is 4.79 Å². The molecule has 1 atom stereocenters. The molecule has 2 N–H and O–H groups in total. The predicted octanol–water partition coefficient (Wildman–Crippen LogP) is 0.866. The molecule has 0 amide bonds. The summed E-state index contributed by atoms with van der Waals surface area (Å²) >= 11 is 0. The number of benzene rings is 1. The van der Waals surface area contributed by atoms with E-state index < -0.39 is 21.9 Å². The van der Waals surface area contributed by atoms with Crippen molar-refractivity contribution in [1.29, 1.82) is 5.26 Å². The number of hydrogen-bond acceptors (Lipinski definition) is 4. The molecule has 102 valence electrons. The Kier molecular flexibility index (Phi) is 4.64. The van der Waals surface area contributed by atoms with Crippen molar-refractivity contribution in [1.82, 2.24) is 4.72 Å². The lowest BCUT2D eigenvalue weighted by atomic mass is 10.1. The van der Waals surface area contributed by atoms with Crippen LogP contribution in [0.1, 0.15) is 18.1 Å². The van der Waals surface area contributed by atoms with E-state index in [1.54, 1.807) is 6.92 Å². The second kappa shape index (κ2) is 5.82. The van der Waals surface area contributed by atoms with Gasteiger partial charge in [-0.2, -0.15) is 5.26 Å². The molecule has 0 radical (unpaired) electrons. The summed E-state index contributed by atoms with van der Waals surface area (Å²) in [5.74, 6) is -1.88. The van der Waals surface area contributed by atoms with Gasteiger partial charge in [-0.25, -0.2) is 13.1 Å². The number of carboxylic acids is 1. The third kappa shape index (κ3) is 3.77. The normalized spacial score (nSPS) is 12.7. The van der Waals surface area contributed by atoms with E-state index in [9.17, 15) is 13.2 Å². The van der Waals surface area contributed by atoms with Crippen molar-refractivity contribution in [2.45, 2.75) is 18.7 Å². The lowest BCUT2D eigenvalue weighted by molar-refractivity contribution is -0.140. The van der Waals surface area contributed by atoms with Crippen molar-refractivity contribution in [3.63, 3.8) is 0 Å². The Bertz CT molecular complexity index is 632. The first-order valence-electron chi connectivity index (χ1n) is 5.51. The number of carbonyl (C=O) groups is 1. The van der Waals surface area contributed by atoms with Crippen LogP contribution in [0.5, 0.6) is 0 Å². The molecule has 7 heteroatoms. The molecule has 19 heavy (non-hydrogen) atoms. The lowest BCUT2D eigenvalue weighted by Gasteiger charge is -2.10. The van der Waals surface area contributed by atoms with E-state index in [4.69, 9.17) is 10.4 Å². The summed E-state index contributed by atoms with van der Waals surface area (Å²) < 4.78 is 26.1. The molecule has 0 saturated heterocycles. The van der Waals surface area contributed by atoms with Gasteiger partial charge in [0.25, 0.3) is 0 Å². The molecule has 0 aliphatic heterocycles. The standard InChI is InChI=1S/C12H14N2O4S/c1-8-5-11(4-3-10(8)6-13)19(17,18)14-7-9(2)12(15)16/h3-5,9,14H,7H2,1-2H3,(H,15,16). The van der Waals surface area contributed by atoms with Crippen LogP contribution in [-0.4, -0.2) is 26.0 Å². The van der Waals surface area contributed by atoms with Gasteiger partial charge in [0.15, 0.2) is 0 Å². The Morgan fingerprint density at radius 3 is 2.63 bits per heavy atom. The van der Waals surface area contributed by atoms with Gasteiger partial charge in [0.1, 0.15) is 0 Å². The molecule has 0 aliphatic carbocycles. The van der Waals surface area contributed by atoms with Crippen molar-refractivity contribution < 1.29 is 18.3 Å². The highest BCUT2D eigenvalue weighted by molar-refractivity contribution is 7.89.